The molecule has 4 rings (SSSR count). The lowest BCUT2D eigenvalue weighted by atomic mass is 10.1. The lowest BCUT2D eigenvalue weighted by molar-refractivity contribution is 0.109. The minimum atomic E-state index is -0.595. The van der Waals surface area contributed by atoms with Crippen LogP contribution in [0.1, 0.15) is 18.1 Å². The topological polar surface area (TPSA) is 45.2 Å². The SMILES string of the molecule is OC(CN1CCN(c2ccccc2F)CC1)c1ccc2c(c1)OCCCO2. The van der Waals surface area contributed by atoms with Crippen LogP contribution in [-0.2, 0) is 0 Å². The van der Waals surface area contributed by atoms with Gasteiger partial charge < -0.3 is 19.5 Å². The molecule has 27 heavy (non-hydrogen) atoms. The van der Waals surface area contributed by atoms with Crippen molar-refractivity contribution in [1.82, 2.24) is 4.90 Å². The third-order valence-corrected chi connectivity index (χ3v) is 5.15. The molecular formula is C21H25FN2O3. The fraction of sp³-hybridized carbons (Fsp3) is 0.429. The second kappa shape index (κ2) is 8.15. The van der Waals surface area contributed by atoms with Crippen molar-refractivity contribution in [2.75, 3.05) is 50.8 Å². The first-order valence-electron chi connectivity index (χ1n) is 9.50. The number of hydrogen-bond donors (Lipinski definition) is 1. The predicted octanol–water partition coefficient (Wildman–Crippen LogP) is 2.84. The van der Waals surface area contributed by atoms with Crippen LogP contribution in [-0.4, -0.2) is 55.9 Å². The molecule has 6 heteroatoms. The number of para-hydroxylation sites is 1. The number of hydrogen-bond acceptors (Lipinski definition) is 5. The standard InChI is InChI=1S/C21H25FN2O3/c22-17-4-1-2-5-18(17)24-10-8-23(9-11-24)15-19(25)16-6-7-20-21(14-16)27-13-3-12-26-20/h1-2,4-7,14,19,25H,3,8-13,15H2. The molecule has 1 saturated heterocycles. The van der Waals surface area contributed by atoms with Crippen molar-refractivity contribution in [3.8, 4) is 11.5 Å². The molecule has 2 heterocycles. The van der Waals surface area contributed by atoms with Gasteiger partial charge in [-0.25, -0.2) is 4.39 Å². The molecule has 144 valence electrons. The molecule has 2 aromatic carbocycles. The molecule has 0 spiro atoms. The fourth-order valence-electron chi connectivity index (χ4n) is 3.62. The number of anilines is 1. The van der Waals surface area contributed by atoms with Gasteiger partial charge in [0, 0.05) is 39.1 Å². The van der Waals surface area contributed by atoms with Crippen LogP contribution in [0.5, 0.6) is 11.5 Å². The van der Waals surface area contributed by atoms with Gasteiger partial charge in [0.2, 0.25) is 0 Å². The molecule has 2 aliphatic heterocycles. The van der Waals surface area contributed by atoms with Crippen molar-refractivity contribution in [2.24, 2.45) is 0 Å². The molecule has 1 atom stereocenters. The molecule has 1 N–H and O–H groups in total. The van der Waals surface area contributed by atoms with Crippen molar-refractivity contribution in [1.29, 1.82) is 0 Å². The van der Waals surface area contributed by atoms with Crippen LogP contribution < -0.4 is 14.4 Å². The van der Waals surface area contributed by atoms with Crippen molar-refractivity contribution in [3.05, 3.63) is 53.8 Å². The second-order valence-corrected chi connectivity index (χ2v) is 7.01. The summed E-state index contributed by atoms with van der Waals surface area (Å²) in [6.45, 7) is 4.89. The Morgan fingerprint density at radius 3 is 2.48 bits per heavy atom. The minimum Gasteiger partial charge on any atom is -0.490 e. The highest BCUT2D eigenvalue weighted by atomic mass is 19.1. The Kier molecular flexibility index (Phi) is 5.45. The van der Waals surface area contributed by atoms with Crippen molar-refractivity contribution < 1.29 is 19.0 Å². The van der Waals surface area contributed by atoms with E-state index in [-0.39, 0.29) is 5.82 Å². The van der Waals surface area contributed by atoms with Gasteiger partial charge in [-0.1, -0.05) is 18.2 Å². The summed E-state index contributed by atoms with van der Waals surface area (Å²) in [4.78, 5) is 4.27. The average Bonchev–Trinajstić information content (AvgIpc) is 2.94. The zero-order valence-corrected chi connectivity index (χ0v) is 15.3. The van der Waals surface area contributed by atoms with Crippen molar-refractivity contribution >= 4 is 5.69 Å². The first kappa shape index (κ1) is 18.1. The largest absolute Gasteiger partial charge is 0.490 e. The average molecular weight is 372 g/mol. The highest BCUT2D eigenvalue weighted by Crippen LogP contribution is 2.32. The molecule has 1 unspecified atom stereocenters. The van der Waals surface area contributed by atoms with E-state index in [2.05, 4.69) is 9.80 Å². The van der Waals surface area contributed by atoms with Crippen LogP contribution in [0.3, 0.4) is 0 Å². The zero-order chi connectivity index (χ0) is 18.6. The van der Waals surface area contributed by atoms with Crippen LogP contribution in [0.15, 0.2) is 42.5 Å². The molecule has 0 radical (unpaired) electrons. The van der Waals surface area contributed by atoms with E-state index in [1.807, 2.05) is 30.3 Å². The van der Waals surface area contributed by atoms with Crippen LogP contribution in [0.2, 0.25) is 0 Å². The van der Waals surface area contributed by atoms with Gasteiger partial charge in [-0.05, 0) is 29.8 Å². The van der Waals surface area contributed by atoms with Gasteiger partial charge in [-0.3, -0.25) is 4.90 Å². The molecular weight excluding hydrogens is 347 g/mol. The Balaban J connectivity index is 1.35. The first-order valence-corrected chi connectivity index (χ1v) is 9.50. The quantitative estimate of drug-likeness (QED) is 0.894. The maximum Gasteiger partial charge on any atom is 0.161 e. The van der Waals surface area contributed by atoms with E-state index in [0.717, 1.165) is 43.9 Å². The molecule has 0 aliphatic carbocycles. The van der Waals surface area contributed by atoms with E-state index in [1.54, 1.807) is 6.07 Å². The normalized spacial score (nSPS) is 18.8. The summed E-state index contributed by atoms with van der Waals surface area (Å²) in [5.74, 6) is 1.26. The van der Waals surface area contributed by atoms with Gasteiger partial charge in [0.25, 0.3) is 0 Å². The Hall–Kier alpha value is -2.31. The second-order valence-electron chi connectivity index (χ2n) is 7.01. The van der Waals surface area contributed by atoms with Gasteiger partial charge in [0.1, 0.15) is 5.82 Å². The Morgan fingerprint density at radius 2 is 1.70 bits per heavy atom. The van der Waals surface area contributed by atoms with Crippen LogP contribution >= 0.6 is 0 Å². The summed E-state index contributed by atoms with van der Waals surface area (Å²) in [5.41, 5.74) is 1.48. The number of benzene rings is 2. The van der Waals surface area contributed by atoms with E-state index < -0.39 is 6.10 Å². The van der Waals surface area contributed by atoms with Gasteiger partial charge in [-0.2, -0.15) is 0 Å². The number of aliphatic hydroxyl groups excluding tert-OH is 1. The number of nitrogens with zero attached hydrogens (tertiary/aromatic N) is 2. The van der Waals surface area contributed by atoms with Gasteiger partial charge in [-0.15, -0.1) is 0 Å². The van der Waals surface area contributed by atoms with E-state index >= 15 is 0 Å². The zero-order valence-electron chi connectivity index (χ0n) is 15.3. The maximum absolute atomic E-state index is 14.0. The van der Waals surface area contributed by atoms with E-state index in [9.17, 15) is 9.50 Å². The third kappa shape index (κ3) is 4.17. The van der Waals surface area contributed by atoms with Crippen LogP contribution in [0.4, 0.5) is 10.1 Å². The van der Waals surface area contributed by atoms with Gasteiger partial charge in [0.05, 0.1) is 25.0 Å². The molecule has 0 amide bonds. The monoisotopic (exact) mass is 372 g/mol. The lowest BCUT2D eigenvalue weighted by Crippen LogP contribution is -2.47. The summed E-state index contributed by atoms with van der Waals surface area (Å²) in [6, 6.07) is 12.5. The van der Waals surface area contributed by atoms with E-state index in [4.69, 9.17) is 9.47 Å². The Morgan fingerprint density at radius 1 is 0.963 bits per heavy atom. The third-order valence-electron chi connectivity index (χ3n) is 5.15. The first-order chi connectivity index (χ1) is 13.2. The molecule has 2 aliphatic rings. The number of β-amino-alcohol motifs (C(OH)–C–C–N with tert-alkyl or cyclic N) is 1. The Labute approximate surface area is 158 Å². The molecule has 0 aromatic heterocycles. The summed E-state index contributed by atoms with van der Waals surface area (Å²) in [7, 11) is 0. The summed E-state index contributed by atoms with van der Waals surface area (Å²) in [6.07, 6.45) is 0.265. The number of piperazine rings is 1. The molecule has 1 fully saturated rings. The van der Waals surface area contributed by atoms with Gasteiger partial charge in [0.15, 0.2) is 11.5 Å². The summed E-state index contributed by atoms with van der Waals surface area (Å²) < 4.78 is 25.3. The molecule has 2 aromatic rings. The van der Waals surface area contributed by atoms with Crippen LogP contribution in [0, 0.1) is 5.82 Å². The van der Waals surface area contributed by atoms with Crippen molar-refractivity contribution in [3.63, 3.8) is 0 Å². The number of fused-ring (bicyclic) bond motifs is 1. The smallest absolute Gasteiger partial charge is 0.161 e. The Bertz CT molecular complexity index is 778. The maximum atomic E-state index is 14.0. The highest BCUT2D eigenvalue weighted by molar-refractivity contribution is 5.48. The summed E-state index contributed by atoms with van der Waals surface area (Å²) in [5, 5.41) is 10.7. The van der Waals surface area contributed by atoms with Crippen molar-refractivity contribution in [2.45, 2.75) is 12.5 Å². The molecule has 0 saturated carbocycles. The number of halogens is 1. The lowest BCUT2D eigenvalue weighted by Gasteiger charge is -2.37. The van der Waals surface area contributed by atoms with E-state index in [0.29, 0.717) is 31.2 Å². The minimum absolute atomic E-state index is 0.182. The predicted molar refractivity (Wildman–Crippen MR) is 102 cm³/mol. The van der Waals surface area contributed by atoms with E-state index in [1.165, 1.54) is 6.07 Å². The number of aliphatic hydroxyl groups is 1. The fourth-order valence-corrected chi connectivity index (χ4v) is 3.62. The molecule has 5 nitrogen and oxygen atoms in total. The van der Waals surface area contributed by atoms with Gasteiger partial charge >= 0.3 is 0 Å². The number of ether oxygens (including phenoxy) is 2. The van der Waals surface area contributed by atoms with Crippen LogP contribution in [0.25, 0.3) is 0 Å². The summed E-state index contributed by atoms with van der Waals surface area (Å²) >= 11 is 0. The molecule has 0 bridgehead atoms. The highest BCUT2D eigenvalue weighted by Gasteiger charge is 2.22. The number of rotatable bonds is 4.